The van der Waals surface area contributed by atoms with Gasteiger partial charge in [-0.15, -0.1) is 0 Å². The predicted octanol–water partition coefficient (Wildman–Crippen LogP) is 3.78. The fourth-order valence-electron chi connectivity index (χ4n) is 3.72. The van der Waals surface area contributed by atoms with Crippen molar-refractivity contribution in [2.45, 2.75) is 59.5 Å². The number of hydrogen-bond acceptors (Lipinski definition) is 1. The van der Waals surface area contributed by atoms with Crippen LogP contribution in [0.4, 0.5) is 0 Å². The van der Waals surface area contributed by atoms with Crippen LogP contribution >= 0.6 is 0 Å². The molecule has 16 heavy (non-hydrogen) atoms. The van der Waals surface area contributed by atoms with Gasteiger partial charge in [-0.2, -0.15) is 0 Å². The molecule has 0 aromatic rings. The Kier molecular flexibility index (Phi) is 3.18. The topological polar surface area (TPSA) is 20.2 Å². The van der Waals surface area contributed by atoms with E-state index in [0.29, 0.717) is 5.41 Å². The van der Waals surface area contributed by atoms with Crippen molar-refractivity contribution in [3.63, 3.8) is 0 Å². The molecule has 0 aromatic carbocycles. The highest BCUT2D eigenvalue weighted by atomic mass is 16.3. The van der Waals surface area contributed by atoms with Gasteiger partial charge >= 0.3 is 0 Å². The minimum absolute atomic E-state index is 0.192. The molecule has 0 spiro atoms. The molecule has 0 amide bonds. The van der Waals surface area contributed by atoms with Crippen molar-refractivity contribution in [1.82, 2.24) is 0 Å². The summed E-state index contributed by atoms with van der Waals surface area (Å²) in [5.74, 6) is 2.51. The third-order valence-electron chi connectivity index (χ3n) is 5.13. The Labute approximate surface area is 99.9 Å². The molecule has 1 saturated carbocycles. The molecule has 4 unspecified atom stereocenters. The average molecular weight is 222 g/mol. The minimum atomic E-state index is -0.192. The van der Waals surface area contributed by atoms with E-state index in [-0.39, 0.29) is 6.10 Å². The van der Waals surface area contributed by atoms with E-state index in [1.807, 2.05) is 0 Å². The molecule has 1 nitrogen and oxygen atoms in total. The van der Waals surface area contributed by atoms with Crippen molar-refractivity contribution in [2.24, 2.45) is 23.2 Å². The molecule has 1 N–H and O–H groups in total. The van der Waals surface area contributed by atoms with Gasteiger partial charge in [0.1, 0.15) is 0 Å². The summed E-state index contributed by atoms with van der Waals surface area (Å²) >= 11 is 0. The summed E-state index contributed by atoms with van der Waals surface area (Å²) < 4.78 is 0. The van der Waals surface area contributed by atoms with Crippen molar-refractivity contribution in [2.75, 3.05) is 0 Å². The molecule has 4 atom stereocenters. The maximum Gasteiger partial charge on any atom is 0.0747 e. The van der Waals surface area contributed by atoms with Crippen LogP contribution in [0.25, 0.3) is 0 Å². The SMILES string of the molecule is C/C1=C\CC2C(CC2(C)C)C(C)CCC1O. The fraction of sp³-hybridized carbons (Fsp3) is 0.867. The van der Waals surface area contributed by atoms with Gasteiger partial charge in [0.25, 0.3) is 0 Å². The van der Waals surface area contributed by atoms with Crippen molar-refractivity contribution in [3.05, 3.63) is 11.6 Å². The molecule has 0 bridgehead atoms. The van der Waals surface area contributed by atoms with Crippen LogP contribution < -0.4 is 0 Å². The number of aliphatic hydroxyl groups excluding tert-OH is 1. The second-order valence-electron chi connectivity index (χ2n) is 6.72. The molecule has 0 aromatic heterocycles. The van der Waals surface area contributed by atoms with Gasteiger partial charge in [0.05, 0.1) is 6.10 Å². The summed E-state index contributed by atoms with van der Waals surface area (Å²) in [6, 6.07) is 0. The first-order chi connectivity index (χ1) is 7.42. The summed E-state index contributed by atoms with van der Waals surface area (Å²) in [5.41, 5.74) is 1.71. The second kappa shape index (κ2) is 4.18. The lowest BCUT2D eigenvalue weighted by molar-refractivity contribution is -0.0429. The Bertz CT molecular complexity index is 290. The summed E-state index contributed by atoms with van der Waals surface area (Å²) in [6.07, 6.45) is 6.79. The van der Waals surface area contributed by atoms with Crippen molar-refractivity contribution in [3.8, 4) is 0 Å². The Morgan fingerprint density at radius 1 is 1.31 bits per heavy atom. The first-order valence-corrected chi connectivity index (χ1v) is 6.76. The molecule has 1 heteroatoms. The van der Waals surface area contributed by atoms with E-state index in [2.05, 4.69) is 33.8 Å². The maximum absolute atomic E-state index is 9.98. The number of aliphatic hydroxyl groups is 1. The van der Waals surface area contributed by atoms with Gasteiger partial charge in [0.2, 0.25) is 0 Å². The highest BCUT2D eigenvalue weighted by molar-refractivity contribution is 5.10. The summed E-state index contributed by atoms with van der Waals surface area (Å²) in [4.78, 5) is 0. The van der Waals surface area contributed by atoms with E-state index in [1.165, 1.54) is 24.8 Å². The van der Waals surface area contributed by atoms with E-state index in [1.54, 1.807) is 0 Å². The zero-order valence-corrected chi connectivity index (χ0v) is 11.2. The molecule has 92 valence electrons. The van der Waals surface area contributed by atoms with Gasteiger partial charge in [-0.05, 0) is 61.3 Å². The molecule has 0 aliphatic heterocycles. The molecular formula is C15H26O. The van der Waals surface area contributed by atoms with Crippen molar-refractivity contribution < 1.29 is 5.11 Å². The van der Waals surface area contributed by atoms with Gasteiger partial charge in [-0.3, -0.25) is 0 Å². The van der Waals surface area contributed by atoms with Crippen LogP contribution in [0.1, 0.15) is 53.4 Å². The molecule has 0 saturated heterocycles. The fourth-order valence-corrected chi connectivity index (χ4v) is 3.72. The van der Waals surface area contributed by atoms with Crippen LogP contribution in [0.5, 0.6) is 0 Å². The summed E-state index contributed by atoms with van der Waals surface area (Å²) in [7, 11) is 0. The lowest BCUT2D eigenvalue weighted by Crippen LogP contribution is -2.46. The van der Waals surface area contributed by atoms with Crippen LogP contribution in [0.15, 0.2) is 11.6 Å². The number of hydrogen-bond donors (Lipinski definition) is 1. The predicted molar refractivity (Wildman–Crippen MR) is 68.2 cm³/mol. The van der Waals surface area contributed by atoms with Gasteiger partial charge in [-0.1, -0.05) is 26.8 Å². The van der Waals surface area contributed by atoms with Crippen LogP contribution in [-0.4, -0.2) is 11.2 Å². The first kappa shape index (κ1) is 12.2. The normalized spacial score (nSPS) is 46.4. The average Bonchev–Trinajstić information content (AvgIpc) is 2.24. The molecular weight excluding hydrogens is 196 g/mol. The van der Waals surface area contributed by atoms with Crippen molar-refractivity contribution in [1.29, 1.82) is 0 Å². The minimum Gasteiger partial charge on any atom is -0.389 e. The zero-order valence-electron chi connectivity index (χ0n) is 11.2. The molecule has 2 rings (SSSR count). The van der Waals surface area contributed by atoms with E-state index in [4.69, 9.17) is 0 Å². The smallest absolute Gasteiger partial charge is 0.0747 e. The molecule has 0 heterocycles. The van der Waals surface area contributed by atoms with E-state index < -0.39 is 0 Å². The summed E-state index contributed by atoms with van der Waals surface area (Å²) in [5, 5.41) is 9.98. The van der Waals surface area contributed by atoms with Gasteiger partial charge < -0.3 is 5.11 Å². The van der Waals surface area contributed by atoms with Crippen molar-refractivity contribution >= 4 is 0 Å². The van der Waals surface area contributed by atoms with E-state index >= 15 is 0 Å². The van der Waals surface area contributed by atoms with Crippen LogP contribution in [0, 0.1) is 23.2 Å². The lowest BCUT2D eigenvalue weighted by Gasteiger charge is -2.54. The quantitative estimate of drug-likeness (QED) is 0.618. The Balaban J connectivity index is 2.15. The number of rotatable bonds is 0. The Morgan fingerprint density at radius 2 is 2.00 bits per heavy atom. The largest absolute Gasteiger partial charge is 0.389 e. The van der Waals surface area contributed by atoms with Gasteiger partial charge in [0, 0.05) is 0 Å². The Hall–Kier alpha value is -0.300. The molecule has 2 aliphatic rings. The monoisotopic (exact) mass is 222 g/mol. The van der Waals surface area contributed by atoms with Gasteiger partial charge in [-0.25, -0.2) is 0 Å². The van der Waals surface area contributed by atoms with Gasteiger partial charge in [0.15, 0.2) is 0 Å². The van der Waals surface area contributed by atoms with E-state index in [9.17, 15) is 5.11 Å². The number of allylic oxidation sites excluding steroid dienone is 1. The molecule has 0 radical (unpaired) electrons. The third kappa shape index (κ3) is 2.07. The molecule has 2 aliphatic carbocycles. The highest BCUT2D eigenvalue weighted by Crippen LogP contribution is 2.56. The standard InChI is InChI=1S/C15H26O/c1-10-6-8-14(16)11(2)5-7-13-12(10)9-15(13,3)4/h5,10,12-14,16H,6-9H2,1-4H3/b11-5+. The lowest BCUT2D eigenvalue weighted by atomic mass is 9.51. The highest BCUT2D eigenvalue weighted by Gasteiger charge is 2.48. The van der Waals surface area contributed by atoms with Crippen LogP contribution in [-0.2, 0) is 0 Å². The van der Waals surface area contributed by atoms with E-state index in [0.717, 1.165) is 24.2 Å². The maximum atomic E-state index is 9.98. The zero-order chi connectivity index (χ0) is 11.9. The molecule has 1 fully saturated rings. The Morgan fingerprint density at radius 3 is 2.62 bits per heavy atom. The van der Waals surface area contributed by atoms with Crippen LogP contribution in [0.3, 0.4) is 0 Å². The third-order valence-corrected chi connectivity index (χ3v) is 5.13. The van der Waals surface area contributed by atoms with Crippen LogP contribution in [0.2, 0.25) is 0 Å². The second-order valence-corrected chi connectivity index (χ2v) is 6.72. The number of fused-ring (bicyclic) bond motifs is 1. The first-order valence-electron chi connectivity index (χ1n) is 6.76. The summed E-state index contributed by atoms with van der Waals surface area (Å²) in [6.45, 7) is 9.26.